The molecule has 186 valence electrons. The number of amides is 3. The molecule has 6 N–H and O–H groups in total. The van der Waals surface area contributed by atoms with Gasteiger partial charge in [0.25, 0.3) is 0 Å². The molecule has 2 aliphatic rings. The SMILES string of the molecule is CN.CNCC(=O)N[C@H]1CN(C(=O)Cc2ccc(F)cc2)CC[C@H]2CC[C@@H](C)N2C1=O.O.[HH].[HH].[HH]. The fourth-order valence-electron chi connectivity index (χ4n) is 4.26. The van der Waals surface area contributed by atoms with Crippen LogP contribution in [0.15, 0.2) is 24.3 Å². The fourth-order valence-corrected chi connectivity index (χ4v) is 4.26. The molecule has 0 unspecified atom stereocenters. The van der Waals surface area contributed by atoms with Gasteiger partial charge in [-0.3, -0.25) is 14.4 Å². The van der Waals surface area contributed by atoms with Gasteiger partial charge in [0, 0.05) is 29.5 Å². The van der Waals surface area contributed by atoms with Crippen LogP contribution >= 0.6 is 0 Å². The quantitative estimate of drug-likeness (QED) is 0.576. The number of nitrogens with two attached hydrogens (primary N) is 1. The van der Waals surface area contributed by atoms with Crippen LogP contribution in [0.25, 0.3) is 0 Å². The lowest BCUT2D eigenvalue weighted by molar-refractivity contribution is -0.143. The van der Waals surface area contributed by atoms with Crippen LogP contribution in [0.3, 0.4) is 0 Å². The van der Waals surface area contributed by atoms with E-state index in [-0.39, 0.29) is 64.9 Å². The lowest BCUT2D eigenvalue weighted by Gasteiger charge is -2.38. The summed E-state index contributed by atoms with van der Waals surface area (Å²) in [5.41, 5.74) is 5.22. The van der Waals surface area contributed by atoms with Crippen molar-refractivity contribution in [3.63, 3.8) is 0 Å². The first-order valence-corrected chi connectivity index (χ1v) is 10.7. The van der Waals surface area contributed by atoms with Gasteiger partial charge in [0.1, 0.15) is 11.9 Å². The molecule has 0 saturated carbocycles. The summed E-state index contributed by atoms with van der Waals surface area (Å²) in [5, 5.41) is 5.57. The fraction of sp³-hybridized carbons (Fsp3) is 0.591. The molecule has 3 amide bonds. The van der Waals surface area contributed by atoms with Crippen LogP contribution < -0.4 is 16.4 Å². The van der Waals surface area contributed by atoms with Gasteiger partial charge in [0.2, 0.25) is 17.7 Å². The summed E-state index contributed by atoms with van der Waals surface area (Å²) < 4.78 is 13.1. The molecule has 10 heteroatoms. The van der Waals surface area contributed by atoms with Gasteiger partial charge in [-0.2, -0.15) is 0 Å². The molecule has 2 saturated heterocycles. The van der Waals surface area contributed by atoms with E-state index in [1.165, 1.54) is 19.2 Å². The Labute approximate surface area is 193 Å². The average molecular weight is 460 g/mol. The van der Waals surface area contributed by atoms with Gasteiger partial charge < -0.3 is 31.6 Å². The maximum Gasteiger partial charge on any atom is 0.247 e. The van der Waals surface area contributed by atoms with Crippen molar-refractivity contribution in [3.8, 4) is 0 Å². The first-order chi connectivity index (χ1) is 14.9. The molecule has 0 aromatic heterocycles. The van der Waals surface area contributed by atoms with Crippen molar-refractivity contribution in [3.05, 3.63) is 35.6 Å². The predicted molar refractivity (Wildman–Crippen MR) is 127 cm³/mol. The Bertz CT molecular complexity index is 776. The molecule has 3 atom stereocenters. The number of carbonyl (C=O) groups excluding carboxylic acids is 3. The van der Waals surface area contributed by atoms with Crippen molar-refractivity contribution in [1.29, 1.82) is 0 Å². The van der Waals surface area contributed by atoms with Crippen LogP contribution in [0.1, 0.15) is 36.0 Å². The van der Waals surface area contributed by atoms with Gasteiger partial charge in [0.05, 0.1) is 13.0 Å². The number of rotatable bonds is 5. The summed E-state index contributed by atoms with van der Waals surface area (Å²) in [6.07, 6.45) is 2.69. The second-order valence-electron chi connectivity index (χ2n) is 7.91. The summed E-state index contributed by atoms with van der Waals surface area (Å²) in [4.78, 5) is 41.8. The summed E-state index contributed by atoms with van der Waals surface area (Å²) >= 11 is 0. The van der Waals surface area contributed by atoms with Crippen molar-refractivity contribution in [2.75, 3.05) is 33.7 Å². The van der Waals surface area contributed by atoms with Gasteiger partial charge in [0.15, 0.2) is 0 Å². The third kappa shape index (κ3) is 6.98. The minimum Gasteiger partial charge on any atom is -0.412 e. The van der Waals surface area contributed by atoms with Gasteiger partial charge in [-0.1, -0.05) is 12.1 Å². The molecule has 1 aromatic rings. The normalized spacial score (nSPS) is 22.5. The van der Waals surface area contributed by atoms with Crippen LogP contribution in [0.2, 0.25) is 0 Å². The second kappa shape index (κ2) is 13.1. The van der Waals surface area contributed by atoms with E-state index in [0.717, 1.165) is 24.8 Å². The molecule has 0 radical (unpaired) electrons. The number of nitrogens with zero attached hydrogens (tertiary/aromatic N) is 2. The predicted octanol–water partition coefficient (Wildman–Crippen LogP) is 0.172. The third-order valence-corrected chi connectivity index (χ3v) is 5.77. The highest BCUT2D eigenvalue weighted by molar-refractivity contribution is 5.90. The van der Waals surface area contributed by atoms with Gasteiger partial charge >= 0.3 is 0 Å². The Morgan fingerprint density at radius 2 is 1.84 bits per heavy atom. The number of halogens is 1. The average Bonchev–Trinajstić information content (AvgIpc) is 3.11. The highest BCUT2D eigenvalue weighted by Gasteiger charge is 2.41. The van der Waals surface area contributed by atoms with Crippen molar-refractivity contribution in [2.45, 2.75) is 50.7 Å². The van der Waals surface area contributed by atoms with Crippen LogP contribution in [0.5, 0.6) is 0 Å². The highest BCUT2D eigenvalue weighted by atomic mass is 19.1. The molecular formula is C22H42FN5O4. The van der Waals surface area contributed by atoms with Crippen molar-refractivity contribution in [2.24, 2.45) is 5.73 Å². The van der Waals surface area contributed by atoms with E-state index in [1.54, 1.807) is 24.1 Å². The molecule has 9 nitrogen and oxygen atoms in total. The lowest BCUT2D eigenvalue weighted by atomic mass is 10.1. The second-order valence-corrected chi connectivity index (χ2v) is 7.91. The van der Waals surface area contributed by atoms with Crippen LogP contribution in [-0.4, -0.2) is 84.9 Å². The third-order valence-electron chi connectivity index (χ3n) is 5.77. The Morgan fingerprint density at radius 1 is 1.19 bits per heavy atom. The molecule has 2 heterocycles. The number of hydrogen-bond donors (Lipinski definition) is 3. The van der Waals surface area contributed by atoms with E-state index in [4.69, 9.17) is 0 Å². The number of carbonyl (C=O) groups is 3. The number of likely N-dealkylation sites (N-methyl/N-ethyl adjacent to an activating group) is 1. The first kappa shape index (κ1) is 27.5. The summed E-state index contributed by atoms with van der Waals surface area (Å²) in [5.74, 6) is -0.873. The maximum atomic E-state index is 13.2. The Morgan fingerprint density at radius 3 is 2.47 bits per heavy atom. The minimum atomic E-state index is -0.767. The van der Waals surface area contributed by atoms with Crippen molar-refractivity contribution >= 4 is 17.7 Å². The maximum absolute atomic E-state index is 13.2. The zero-order chi connectivity index (χ0) is 23.0. The molecule has 1 aromatic carbocycles. The van der Waals surface area contributed by atoms with Crippen LogP contribution in [0, 0.1) is 5.82 Å². The highest BCUT2D eigenvalue weighted by Crippen LogP contribution is 2.28. The van der Waals surface area contributed by atoms with E-state index >= 15 is 0 Å². The number of benzene rings is 1. The zero-order valence-corrected chi connectivity index (χ0v) is 19.1. The largest absolute Gasteiger partial charge is 0.412 e. The van der Waals surface area contributed by atoms with E-state index in [1.807, 2.05) is 11.8 Å². The summed E-state index contributed by atoms with van der Waals surface area (Å²) in [6.45, 7) is 2.81. The standard InChI is InChI=1S/C21H29FN4O3.CH5N.H2O.3H2/c1-14-3-8-17-9-10-25(20(28)11-15-4-6-16(22)7-5-15)13-18(21(29)26(14)17)24-19(27)12-23-2;1-2;;;;/h4-7,14,17-18,23H,3,8-13H2,1-2H3,(H,24,27);2H2,1H3;1H2;3*1H/t14-,17-,18+;;;;;/m1...../s1. The molecule has 2 fully saturated rings. The molecule has 0 aliphatic carbocycles. The molecule has 3 rings (SSSR count). The number of hydrogen-bond acceptors (Lipinski definition) is 5. The molecule has 0 spiro atoms. The smallest absolute Gasteiger partial charge is 0.247 e. The Hall–Kier alpha value is -2.56. The van der Waals surface area contributed by atoms with E-state index in [9.17, 15) is 18.8 Å². The van der Waals surface area contributed by atoms with Gasteiger partial charge in [-0.05, 0) is 58.0 Å². The molecular weight excluding hydrogens is 417 g/mol. The van der Waals surface area contributed by atoms with Crippen molar-refractivity contribution in [1.82, 2.24) is 20.4 Å². The van der Waals surface area contributed by atoms with E-state index in [2.05, 4.69) is 16.4 Å². The summed E-state index contributed by atoms with van der Waals surface area (Å²) in [7, 11) is 3.16. The van der Waals surface area contributed by atoms with E-state index in [0.29, 0.717) is 6.54 Å². The minimum absolute atomic E-state index is 0. The monoisotopic (exact) mass is 459 g/mol. The zero-order valence-electron chi connectivity index (χ0n) is 19.1. The summed E-state index contributed by atoms with van der Waals surface area (Å²) in [6, 6.07) is 5.30. The number of nitrogens with one attached hydrogen (secondary N) is 2. The topological polar surface area (TPSA) is 139 Å². The van der Waals surface area contributed by atoms with Gasteiger partial charge in [-0.25, -0.2) is 4.39 Å². The first-order valence-electron chi connectivity index (χ1n) is 10.7. The molecule has 2 aliphatic heterocycles. The lowest BCUT2D eigenvalue weighted by Crippen LogP contribution is -2.60. The van der Waals surface area contributed by atoms with Crippen molar-refractivity contribution < 1.29 is 28.5 Å². The van der Waals surface area contributed by atoms with Crippen LogP contribution in [-0.2, 0) is 20.8 Å². The van der Waals surface area contributed by atoms with Crippen LogP contribution in [0.4, 0.5) is 4.39 Å². The Kier molecular flexibility index (Phi) is 11.2. The molecule has 0 bridgehead atoms. The van der Waals surface area contributed by atoms with Gasteiger partial charge in [-0.15, -0.1) is 0 Å². The Balaban J connectivity index is -0.00000166. The number of fused-ring (bicyclic) bond motifs is 1. The molecule has 32 heavy (non-hydrogen) atoms. The van der Waals surface area contributed by atoms with E-state index < -0.39 is 6.04 Å².